The van der Waals surface area contributed by atoms with Gasteiger partial charge in [0, 0.05) is 11.9 Å². The number of anilines is 2. The Morgan fingerprint density at radius 1 is 1.00 bits per heavy atom. The highest BCUT2D eigenvalue weighted by atomic mass is 16.1. The Hall–Kier alpha value is -3.28. The molecule has 0 aliphatic carbocycles. The Morgan fingerprint density at radius 3 is 2.56 bits per heavy atom. The van der Waals surface area contributed by atoms with E-state index in [4.69, 9.17) is 0 Å². The first-order valence-corrected chi connectivity index (χ1v) is 8.11. The molecule has 0 fully saturated rings. The second-order valence-corrected chi connectivity index (χ2v) is 5.43. The van der Waals surface area contributed by atoms with Crippen LogP contribution in [0, 0.1) is 0 Å². The van der Waals surface area contributed by atoms with E-state index in [0.717, 1.165) is 17.8 Å². The molecule has 6 nitrogen and oxygen atoms in total. The number of pyridine rings is 1. The van der Waals surface area contributed by atoms with Crippen molar-refractivity contribution in [1.29, 1.82) is 0 Å². The Balaban J connectivity index is 1.62. The van der Waals surface area contributed by atoms with Gasteiger partial charge >= 0.3 is 0 Å². The molecule has 0 bridgehead atoms. The fourth-order valence-corrected chi connectivity index (χ4v) is 2.36. The number of nitrogens with zero attached hydrogens (tertiary/aromatic N) is 3. The largest absolute Gasteiger partial charge is 0.345 e. The maximum Gasteiger partial charge on any atom is 0.271 e. The van der Waals surface area contributed by atoms with E-state index in [0.29, 0.717) is 12.4 Å². The van der Waals surface area contributed by atoms with Crippen LogP contribution >= 0.6 is 0 Å². The second kappa shape index (κ2) is 8.01. The molecule has 0 aliphatic heterocycles. The van der Waals surface area contributed by atoms with Gasteiger partial charge in [-0.1, -0.05) is 31.2 Å². The highest BCUT2D eigenvalue weighted by Crippen LogP contribution is 2.19. The molecule has 3 aromatic rings. The van der Waals surface area contributed by atoms with Crippen molar-refractivity contribution in [2.45, 2.75) is 19.9 Å². The molecular weight excluding hydrogens is 314 g/mol. The lowest BCUT2D eigenvalue weighted by molar-refractivity contribution is 0.0945. The van der Waals surface area contributed by atoms with E-state index in [1.807, 2.05) is 36.4 Å². The molecule has 6 heteroatoms. The molecule has 0 spiro atoms. The van der Waals surface area contributed by atoms with Gasteiger partial charge in [-0.3, -0.25) is 9.78 Å². The minimum Gasteiger partial charge on any atom is -0.345 e. The zero-order chi connectivity index (χ0) is 17.5. The lowest BCUT2D eigenvalue weighted by atomic mass is 10.1. The quantitative estimate of drug-likeness (QED) is 0.724. The Labute approximate surface area is 146 Å². The third-order valence-corrected chi connectivity index (χ3v) is 3.70. The van der Waals surface area contributed by atoms with Crippen molar-refractivity contribution in [2.24, 2.45) is 0 Å². The van der Waals surface area contributed by atoms with Crippen molar-refractivity contribution in [2.75, 3.05) is 5.32 Å². The van der Waals surface area contributed by atoms with Crippen molar-refractivity contribution in [1.82, 2.24) is 20.3 Å². The van der Waals surface area contributed by atoms with E-state index in [2.05, 4.69) is 38.6 Å². The molecule has 2 heterocycles. The molecule has 0 aliphatic rings. The van der Waals surface area contributed by atoms with E-state index >= 15 is 0 Å². The van der Waals surface area contributed by atoms with Crippen LogP contribution in [0.2, 0.25) is 0 Å². The Morgan fingerprint density at radius 2 is 1.84 bits per heavy atom. The number of amides is 1. The van der Waals surface area contributed by atoms with Crippen LogP contribution in [0.25, 0.3) is 0 Å². The summed E-state index contributed by atoms with van der Waals surface area (Å²) in [4.78, 5) is 24.7. The number of aryl methyl sites for hydroxylation is 1. The van der Waals surface area contributed by atoms with Crippen molar-refractivity contribution in [3.63, 3.8) is 0 Å². The first kappa shape index (κ1) is 16.6. The van der Waals surface area contributed by atoms with E-state index in [1.54, 1.807) is 12.4 Å². The maximum atomic E-state index is 12.1. The minimum absolute atomic E-state index is 0.269. The number of hydrogen-bond donors (Lipinski definition) is 2. The van der Waals surface area contributed by atoms with E-state index in [1.165, 1.54) is 11.8 Å². The van der Waals surface area contributed by atoms with Crippen LogP contribution in [-0.2, 0) is 13.0 Å². The smallest absolute Gasteiger partial charge is 0.271 e. The molecule has 2 aromatic heterocycles. The number of rotatable bonds is 6. The van der Waals surface area contributed by atoms with Gasteiger partial charge in [0.05, 0.1) is 24.6 Å². The molecule has 0 unspecified atom stereocenters. The summed E-state index contributed by atoms with van der Waals surface area (Å²) in [6, 6.07) is 13.6. The number of carbonyl (C=O) groups excluding carboxylic acids is 1. The normalized spacial score (nSPS) is 10.3. The van der Waals surface area contributed by atoms with E-state index in [9.17, 15) is 4.79 Å². The van der Waals surface area contributed by atoms with Crippen LogP contribution in [0.1, 0.15) is 28.7 Å². The van der Waals surface area contributed by atoms with Crippen molar-refractivity contribution < 1.29 is 4.79 Å². The zero-order valence-corrected chi connectivity index (χ0v) is 13.9. The molecule has 0 radical (unpaired) electrons. The summed E-state index contributed by atoms with van der Waals surface area (Å²) in [5, 5.41) is 6.01. The summed E-state index contributed by atoms with van der Waals surface area (Å²) in [5.74, 6) is 0.320. The maximum absolute atomic E-state index is 12.1. The molecule has 0 atom stereocenters. The average molecular weight is 333 g/mol. The van der Waals surface area contributed by atoms with Crippen LogP contribution in [0.3, 0.4) is 0 Å². The second-order valence-electron chi connectivity index (χ2n) is 5.43. The number of carbonyl (C=O) groups is 1. The Bertz CT molecular complexity index is 834. The molecule has 0 saturated carbocycles. The number of nitrogens with one attached hydrogen (secondary N) is 2. The van der Waals surface area contributed by atoms with Gasteiger partial charge < -0.3 is 10.6 Å². The topological polar surface area (TPSA) is 79.8 Å². The molecule has 1 aromatic carbocycles. The molecular formula is C19H19N5O. The number of para-hydroxylation sites is 1. The average Bonchev–Trinajstić information content (AvgIpc) is 2.68. The number of benzene rings is 1. The monoisotopic (exact) mass is 333 g/mol. The van der Waals surface area contributed by atoms with E-state index < -0.39 is 0 Å². The van der Waals surface area contributed by atoms with Crippen molar-refractivity contribution in [3.8, 4) is 0 Å². The predicted molar refractivity (Wildman–Crippen MR) is 96.5 cm³/mol. The molecule has 0 saturated heterocycles. The summed E-state index contributed by atoms with van der Waals surface area (Å²) in [5.41, 5.74) is 3.25. The Kier molecular flexibility index (Phi) is 5.31. The standard InChI is InChI=1S/C19H19N5O/c1-2-14-7-3-4-9-16(14)24-18-13-21-17(12-22-18)19(25)23-11-15-8-5-6-10-20-15/h3-10,12-13H,2,11H2,1H3,(H,22,24)(H,23,25). The van der Waals surface area contributed by atoms with Gasteiger partial charge in [0.2, 0.25) is 0 Å². The van der Waals surface area contributed by atoms with Crippen molar-refractivity contribution >= 4 is 17.4 Å². The summed E-state index contributed by atoms with van der Waals surface area (Å²) in [6.45, 7) is 2.45. The third-order valence-electron chi connectivity index (χ3n) is 3.70. The lowest BCUT2D eigenvalue weighted by Gasteiger charge is -2.10. The summed E-state index contributed by atoms with van der Waals surface area (Å²) in [7, 11) is 0. The third kappa shape index (κ3) is 4.38. The fraction of sp³-hybridized carbons (Fsp3) is 0.158. The molecule has 3 rings (SSSR count). The summed E-state index contributed by atoms with van der Waals surface area (Å²) >= 11 is 0. The first-order valence-electron chi connectivity index (χ1n) is 8.11. The van der Waals surface area contributed by atoms with Gasteiger partial charge in [0.15, 0.2) is 0 Å². The van der Waals surface area contributed by atoms with E-state index in [-0.39, 0.29) is 11.6 Å². The molecule has 25 heavy (non-hydrogen) atoms. The van der Waals surface area contributed by atoms with Gasteiger partial charge in [-0.2, -0.15) is 0 Å². The number of aromatic nitrogens is 3. The number of hydrogen-bond acceptors (Lipinski definition) is 5. The van der Waals surface area contributed by atoms with Crippen molar-refractivity contribution in [3.05, 3.63) is 78.0 Å². The van der Waals surface area contributed by atoms with Gasteiger partial charge in [-0.25, -0.2) is 9.97 Å². The van der Waals surface area contributed by atoms with Crippen LogP contribution in [0.5, 0.6) is 0 Å². The first-order chi connectivity index (χ1) is 12.3. The summed E-state index contributed by atoms with van der Waals surface area (Å²) < 4.78 is 0. The van der Waals surface area contributed by atoms with Gasteiger partial charge in [-0.05, 0) is 30.2 Å². The highest BCUT2D eigenvalue weighted by Gasteiger charge is 2.08. The van der Waals surface area contributed by atoms with Crippen LogP contribution in [-0.4, -0.2) is 20.9 Å². The predicted octanol–water partition coefficient (Wildman–Crippen LogP) is 3.11. The lowest BCUT2D eigenvalue weighted by Crippen LogP contribution is -2.24. The molecule has 2 N–H and O–H groups in total. The van der Waals surface area contributed by atoms with Crippen LogP contribution < -0.4 is 10.6 Å². The zero-order valence-electron chi connectivity index (χ0n) is 13.9. The highest BCUT2D eigenvalue weighted by molar-refractivity contribution is 5.91. The molecule has 1 amide bonds. The fourth-order valence-electron chi connectivity index (χ4n) is 2.36. The van der Waals surface area contributed by atoms with Gasteiger partial charge in [0.25, 0.3) is 5.91 Å². The summed E-state index contributed by atoms with van der Waals surface area (Å²) in [6.07, 6.45) is 5.63. The van der Waals surface area contributed by atoms with Gasteiger partial charge in [0.1, 0.15) is 11.5 Å². The van der Waals surface area contributed by atoms with Crippen LogP contribution in [0.15, 0.2) is 61.1 Å². The van der Waals surface area contributed by atoms with Crippen LogP contribution in [0.4, 0.5) is 11.5 Å². The minimum atomic E-state index is -0.279. The van der Waals surface area contributed by atoms with Gasteiger partial charge in [-0.15, -0.1) is 0 Å². The molecule has 126 valence electrons. The SMILES string of the molecule is CCc1ccccc1Nc1cnc(C(=O)NCc2ccccn2)cn1.